The Bertz CT molecular complexity index is 1320. The zero-order valence-corrected chi connectivity index (χ0v) is 22.8. The highest BCUT2D eigenvalue weighted by Crippen LogP contribution is 2.49. The Morgan fingerprint density at radius 2 is 1.64 bits per heavy atom. The van der Waals surface area contributed by atoms with E-state index in [1.54, 1.807) is 13.8 Å². The molecular weight excluding hydrogens is 578 g/mol. The average molecular weight is 608 g/mol. The first-order valence-corrected chi connectivity index (χ1v) is 13.1. The number of anilines is 1. The third kappa shape index (κ3) is 6.70. The first-order valence-electron chi connectivity index (χ1n) is 13.1. The van der Waals surface area contributed by atoms with E-state index >= 15 is 0 Å². The Morgan fingerprint density at radius 3 is 2.10 bits per heavy atom. The second-order valence-electron chi connectivity index (χ2n) is 10.9. The van der Waals surface area contributed by atoms with Crippen LogP contribution in [0.5, 0.6) is 0 Å². The molecule has 15 heteroatoms. The van der Waals surface area contributed by atoms with Crippen LogP contribution in [0.1, 0.15) is 74.2 Å². The van der Waals surface area contributed by atoms with Crippen molar-refractivity contribution in [2.45, 2.75) is 83.0 Å². The lowest BCUT2D eigenvalue weighted by molar-refractivity contribution is -0.143. The number of halogens is 8. The van der Waals surface area contributed by atoms with Crippen LogP contribution in [0.25, 0.3) is 0 Å². The van der Waals surface area contributed by atoms with E-state index < -0.39 is 77.4 Å². The fraction of sp³-hybridized carbons (Fsp3) is 0.519. The molecule has 3 N–H and O–H groups in total. The molecule has 2 heterocycles. The van der Waals surface area contributed by atoms with E-state index in [0.29, 0.717) is 31.9 Å². The van der Waals surface area contributed by atoms with Crippen LogP contribution in [0.2, 0.25) is 0 Å². The quantitative estimate of drug-likeness (QED) is 0.206. The van der Waals surface area contributed by atoms with Gasteiger partial charge in [-0.3, -0.25) is 10.3 Å². The van der Waals surface area contributed by atoms with E-state index in [0.717, 1.165) is 11.0 Å². The summed E-state index contributed by atoms with van der Waals surface area (Å²) >= 11 is 0. The Balaban J connectivity index is 1.86. The molecule has 0 spiro atoms. The van der Waals surface area contributed by atoms with Crippen LogP contribution in [0.3, 0.4) is 0 Å². The van der Waals surface area contributed by atoms with Gasteiger partial charge in [0.15, 0.2) is 5.96 Å². The second-order valence-corrected chi connectivity index (χ2v) is 10.9. The van der Waals surface area contributed by atoms with Gasteiger partial charge in [-0.15, -0.1) is 0 Å². The monoisotopic (exact) mass is 607 g/mol. The second kappa shape index (κ2) is 10.9. The molecule has 1 amide bonds. The SMILES string of the molecule is CC(C)OC(=O)N1c2ccc(C(C)(F)F)nc2C(N(Cc2cc(C(F)(F)F)cc(C(F)(F)F)c2)C(=N)N)CC1C1CC1. The van der Waals surface area contributed by atoms with Gasteiger partial charge in [0, 0.05) is 19.5 Å². The Hall–Kier alpha value is -3.65. The van der Waals surface area contributed by atoms with Crippen LogP contribution < -0.4 is 10.6 Å². The van der Waals surface area contributed by atoms with Gasteiger partial charge in [-0.1, -0.05) is 0 Å². The zero-order chi connectivity index (χ0) is 31.4. The van der Waals surface area contributed by atoms with Crippen molar-refractivity contribution in [2.24, 2.45) is 11.7 Å². The van der Waals surface area contributed by atoms with Crippen LogP contribution in [0.4, 0.5) is 45.6 Å². The Kier molecular flexibility index (Phi) is 8.11. The summed E-state index contributed by atoms with van der Waals surface area (Å²) in [6.45, 7) is 3.15. The summed E-state index contributed by atoms with van der Waals surface area (Å²) in [4.78, 5) is 19.6. The molecule has 2 unspecified atom stereocenters. The van der Waals surface area contributed by atoms with Crippen molar-refractivity contribution in [1.82, 2.24) is 9.88 Å². The van der Waals surface area contributed by atoms with Gasteiger partial charge in [0.05, 0.1) is 34.7 Å². The molecule has 7 nitrogen and oxygen atoms in total. The minimum absolute atomic E-state index is 0.0178. The van der Waals surface area contributed by atoms with E-state index in [1.165, 1.54) is 11.0 Å². The number of benzene rings is 1. The molecule has 0 saturated heterocycles. The molecule has 1 aliphatic carbocycles. The van der Waals surface area contributed by atoms with Gasteiger partial charge >= 0.3 is 18.4 Å². The predicted molar refractivity (Wildman–Crippen MR) is 136 cm³/mol. The number of nitrogens with zero attached hydrogens (tertiary/aromatic N) is 3. The minimum Gasteiger partial charge on any atom is -0.446 e. The lowest BCUT2D eigenvalue weighted by Crippen LogP contribution is -2.51. The predicted octanol–water partition coefficient (Wildman–Crippen LogP) is 7.20. The molecule has 0 radical (unpaired) electrons. The maximum atomic E-state index is 14.4. The number of fused-ring (bicyclic) bond motifs is 1. The summed E-state index contributed by atoms with van der Waals surface area (Å²) in [6.07, 6.45) is -10.1. The van der Waals surface area contributed by atoms with Crippen molar-refractivity contribution in [2.75, 3.05) is 4.90 Å². The fourth-order valence-corrected chi connectivity index (χ4v) is 5.11. The third-order valence-corrected chi connectivity index (χ3v) is 7.11. The number of hydrogen-bond acceptors (Lipinski definition) is 4. The first-order chi connectivity index (χ1) is 19.3. The van der Waals surface area contributed by atoms with Crippen molar-refractivity contribution in [1.29, 1.82) is 5.41 Å². The zero-order valence-electron chi connectivity index (χ0n) is 22.8. The first kappa shape index (κ1) is 31.3. The lowest BCUT2D eigenvalue weighted by atomic mass is 9.90. The molecule has 1 fully saturated rings. The third-order valence-electron chi connectivity index (χ3n) is 7.11. The molecule has 4 rings (SSSR count). The van der Waals surface area contributed by atoms with Gasteiger partial charge in [-0.2, -0.15) is 35.1 Å². The molecule has 1 aliphatic heterocycles. The van der Waals surface area contributed by atoms with Gasteiger partial charge in [0.1, 0.15) is 5.69 Å². The van der Waals surface area contributed by atoms with Crippen LogP contribution in [-0.2, 0) is 29.6 Å². The normalized spacial score (nSPS) is 19.5. The maximum absolute atomic E-state index is 14.4. The van der Waals surface area contributed by atoms with Crippen molar-refractivity contribution < 1.29 is 44.7 Å². The Morgan fingerprint density at radius 1 is 1.07 bits per heavy atom. The molecule has 230 valence electrons. The van der Waals surface area contributed by atoms with Crippen molar-refractivity contribution in [3.8, 4) is 0 Å². The van der Waals surface area contributed by atoms with Crippen LogP contribution in [-0.4, -0.2) is 34.1 Å². The van der Waals surface area contributed by atoms with Crippen LogP contribution in [0.15, 0.2) is 30.3 Å². The smallest absolute Gasteiger partial charge is 0.416 e. The number of ether oxygens (including phenoxy) is 1. The minimum atomic E-state index is -5.11. The van der Waals surface area contributed by atoms with Crippen molar-refractivity contribution >= 4 is 17.7 Å². The number of hydrogen-bond donors (Lipinski definition) is 2. The van der Waals surface area contributed by atoms with Gasteiger partial charge in [-0.25, -0.2) is 9.78 Å². The summed E-state index contributed by atoms with van der Waals surface area (Å²) in [5.41, 5.74) is 1.52. The maximum Gasteiger partial charge on any atom is 0.416 e. The Labute approximate surface area is 236 Å². The van der Waals surface area contributed by atoms with Crippen LogP contribution >= 0.6 is 0 Å². The highest BCUT2D eigenvalue weighted by atomic mass is 19.4. The molecule has 42 heavy (non-hydrogen) atoms. The highest BCUT2D eigenvalue weighted by molar-refractivity contribution is 5.90. The van der Waals surface area contributed by atoms with Crippen LogP contribution in [0, 0.1) is 11.3 Å². The van der Waals surface area contributed by atoms with E-state index in [9.17, 15) is 39.9 Å². The molecule has 1 saturated carbocycles. The number of nitrogens with one attached hydrogen (secondary N) is 1. The van der Waals surface area contributed by atoms with Gasteiger partial charge in [0.25, 0.3) is 5.92 Å². The molecule has 2 atom stereocenters. The summed E-state index contributed by atoms with van der Waals surface area (Å²) < 4.78 is 115. The summed E-state index contributed by atoms with van der Waals surface area (Å²) in [5.74, 6) is -4.22. The number of carbonyl (C=O) groups is 1. The molecule has 1 aromatic carbocycles. The van der Waals surface area contributed by atoms with E-state index in [4.69, 9.17) is 15.9 Å². The topological polar surface area (TPSA) is 95.5 Å². The van der Waals surface area contributed by atoms with Gasteiger partial charge < -0.3 is 15.4 Å². The number of pyridine rings is 1. The number of guanidine groups is 1. The number of amides is 1. The molecule has 2 aromatic rings. The summed E-state index contributed by atoms with van der Waals surface area (Å²) in [7, 11) is 0. The molecule has 0 bridgehead atoms. The number of nitrogens with two attached hydrogens (primary N) is 1. The number of aromatic nitrogens is 1. The number of alkyl halides is 8. The van der Waals surface area contributed by atoms with Crippen molar-refractivity contribution in [3.63, 3.8) is 0 Å². The standard InChI is InChI=1S/C27H29F8N5O2/c1-13(2)42-24(41)40-18-6-7-21(25(3,28)29)38-22(18)20(11-19(40)15-4-5-15)39(23(36)37)12-14-8-16(26(30,31)32)10-17(9-14)27(33,34)35/h6-10,13,15,19-20H,4-5,11-12H2,1-3H3,(H3,36,37). The number of carbonyl (C=O) groups excluding carboxylic acids is 1. The number of rotatable bonds is 6. The average Bonchev–Trinajstić information content (AvgIpc) is 3.69. The molecule has 2 aliphatic rings. The summed E-state index contributed by atoms with van der Waals surface area (Å²) in [6, 6.07) is 1.57. The van der Waals surface area contributed by atoms with E-state index in [-0.39, 0.29) is 29.8 Å². The fourth-order valence-electron chi connectivity index (χ4n) is 5.11. The molecule has 1 aromatic heterocycles. The summed E-state index contributed by atoms with van der Waals surface area (Å²) in [5, 5.41) is 8.20. The largest absolute Gasteiger partial charge is 0.446 e. The van der Waals surface area contributed by atoms with Gasteiger partial charge in [-0.05, 0) is 74.9 Å². The van der Waals surface area contributed by atoms with E-state index in [2.05, 4.69) is 4.98 Å². The lowest BCUT2D eigenvalue weighted by Gasteiger charge is -2.44. The molecular formula is C27H29F8N5O2. The van der Waals surface area contributed by atoms with Crippen molar-refractivity contribution in [3.05, 3.63) is 58.4 Å². The van der Waals surface area contributed by atoms with E-state index in [1.807, 2.05) is 0 Å². The highest BCUT2D eigenvalue weighted by Gasteiger charge is 2.48. The van der Waals surface area contributed by atoms with Gasteiger partial charge in [0.2, 0.25) is 0 Å².